The third kappa shape index (κ3) is 2.82. The number of carbonyl (C=O) groups is 1. The average Bonchev–Trinajstić information content (AvgIpc) is 1.60. The lowest BCUT2D eigenvalue weighted by Gasteiger charge is -2.06. The molecule has 0 atom stereocenters. The van der Waals surface area contributed by atoms with Crippen LogP contribution >= 0.6 is 0 Å². The predicted molar refractivity (Wildman–Crippen MR) is 37.9 cm³/mol. The van der Waals surface area contributed by atoms with Gasteiger partial charge in [-0.1, -0.05) is 0 Å². The summed E-state index contributed by atoms with van der Waals surface area (Å²) in [6, 6.07) is 0. The van der Waals surface area contributed by atoms with Crippen LogP contribution in [-0.2, 0) is 14.8 Å². The van der Waals surface area contributed by atoms with Crippen LogP contribution in [0.2, 0.25) is 0 Å². The standard InChI is InChI=1S/C5H11NO3S/c1-4(2)10(8,9)6-5(3)7/h4H,1-3H3,(H,6,7). The molecule has 0 bridgehead atoms. The van der Waals surface area contributed by atoms with Gasteiger partial charge in [0.1, 0.15) is 0 Å². The zero-order chi connectivity index (χ0) is 8.36. The van der Waals surface area contributed by atoms with Gasteiger partial charge in [-0.15, -0.1) is 0 Å². The fourth-order valence-electron chi connectivity index (χ4n) is 0.318. The van der Waals surface area contributed by atoms with Gasteiger partial charge in [-0.25, -0.2) is 8.42 Å². The lowest BCUT2D eigenvalue weighted by Crippen LogP contribution is -2.34. The average molecular weight is 165 g/mol. The maximum Gasteiger partial charge on any atom is 0.237 e. The van der Waals surface area contributed by atoms with E-state index in [1.165, 1.54) is 20.8 Å². The summed E-state index contributed by atoms with van der Waals surface area (Å²) in [6.07, 6.45) is 0. The lowest BCUT2D eigenvalue weighted by atomic mass is 10.6. The number of amides is 1. The minimum atomic E-state index is -3.40. The van der Waals surface area contributed by atoms with Crippen LogP contribution in [0.25, 0.3) is 0 Å². The molecule has 4 nitrogen and oxygen atoms in total. The Balaban J connectivity index is 4.31. The van der Waals surface area contributed by atoms with Gasteiger partial charge in [0.25, 0.3) is 0 Å². The van der Waals surface area contributed by atoms with Crippen molar-refractivity contribution in [2.45, 2.75) is 26.0 Å². The van der Waals surface area contributed by atoms with Gasteiger partial charge in [0, 0.05) is 6.92 Å². The van der Waals surface area contributed by atoms with Crippen LogP contribution in [-0.4, -0.2) is 19.6 Å². The Labute approximate surface area is 60.7 Å². The van der Waals surface area contributed by atoms with Crippen LogP contribution in [0.15, 0.2) is 0 Å². The number of carbonyl (C=O) groups excluding carboxylic acids is 1. The van der Waals surface area contributed by atoms with E-state index in [-0.39, 0.29) is 0 Å². The van der Waals surface area contributed by atoms with Gasteiger partial charge in [-0.05, 0) is 13.8 Å². The Bertz CT molecular complexity index is 217. The number of rotatable bonds is 2. The Morgan fingerprint density at radius 2 is 1.80 bits per heavy atom. The maximum absolute atomic E-state index is 10.8. The molecule has 0 fully saturated rings. The highest BCUT2D eigenvalue weighted by Gasteiger charge is 2.15. The Morgan fingerprint density at radius 1 is 1.40 bits per heavy atom. The van der Waals surface area contributed by atoms with Gasteiger partial charge in [-0.2, -0.15) is 0 Å². The number of hydrogen-bond donors (Lipinski definition) is 1. The molecule has 0 rings (SSSR count). The van der Waals surface area contributed by atoms with Crippen LogP contribution in [0, 0.1) is 0 Å². The van der Waals surface area contributed by atoms with Crippen LogP contribution in [0.1, 0.15) is 20.8 Å². The monoisotopic (exact) mass is 165 g/mol. The van der Waals surface area contributed by atoms with Crippen LogP contribution in [0.5, 0.6) is 0 Å². The molecule has 5 heteroatoms. The molecule has 0 heterocycles. The smallest absolute Gasteiger partial charge is 0.237 e. The Morgan fingerprint density at radius 3 is 1.90 bits per heavy atom. The normalized spacial score (nSPS) is 11.6. The molecule has 0 aliphatic heterocycles. The third-order valence-corrected chi connectivity index (χ3v) is 2.72. The summed E-state index contributed by atoms with van der Waals surface area (Å²) >= 11 is 0. The van der Waals surface area contributed by atoms with E-state index in [0.717, 1.165) is 0 Å². The van der Waals surface area contributed by atoms with Crippen molar-refractivity contribution in [1.82, 2.24) is 4.72 Å². The van der Waals surface area contributed by atoms with Crippen LogP contribution in [0.4, 0.5) is 0 Å². The first-order chi connectivity index (χ1) is 4.36. The van der Waals surface area contributed by atoms with Gasteiger partial charge in [0.15, 0.2) is 0 Å². The van der Waals surface area contributed by atoms with E-state index < -0.39 is 21.2 Å². The second-order valence-corrected chi connectivity index (χ2v) is 4.49. The van der Waals surface area contributed by atoms with E-state index in [9.17, 15) is 13.2 Å². The molecule has 0 aromatic carbocycles. The lowest BCUT2D eigenvalue weighted by molar-refractivity contribution is -0.117. The Kier molecular flexibility index (Phi) is 2.83. The van der Waals surface area contributed by atoms with Crippen molar-refractivity contribution in [2.75, 3.05) is 0 Å². The van der Waals surface area contributed by atoms with Crippen molar-refractivity contribution >= 4 is 15.9 Å². The predicted octanol–water partition coefficient (Wildman–Crippen LogP) is -0.139. The van der Waals surface area contributed by atoms with E-state index in [0.29, 0.717) is 0 Å². The van der Waals surface area contributed by atoms with Gasteiger partial charge in [-0.3, -0.25) is 9.52 Å². The number of hydrogen-bond acceptors (Lipinski definition) is 3. The molecular weight excluding hydrogens is 154 g/mol. The second-order valence-electron chi connectivity index (χ2n) is 2.25. The summed E-state index contributed by atoms with van der Waals surface area (Å²) in [6.45, 7) is 4.18. The number of sulfonamides is 1. The third-order valence-electron chi connectivity index (χ3n) is 0.907. The fraction of sp³-hybridized carbons (Fsp3) is 0.800. The minimum absolute atomic E-state index is 0.547. The molecule has 0 unspecified atom stereocenters. The molecule has 0 aliphatic carbocycles. The van der Waals surface area contributed by atoms with Crippen LogP contribution < -0.4 is 4.72 Å². The molecular formula is C5H11NO3S. The summed E-state index contributed by atoms with van der Waals surface area (Å²) in [5.74, 6) is -0.547. The van der Waals surface area contributed by atoms with Crippen molar-refractivity contribution < 1.29 is 13.2 Å². The zero-order valence-electron chi connectivity index (χ0n) is 6.21. The maximum atomic E-state index is 10.8. The molecule has 0 spiro atoms. The van der Waals surface area contributed by atoms with Crippen molar-refractivity contribution in [3.05, 3.63) is 0 Å². The highest BCUT2D eigenvalue weighted by atomic mass is 32.2. The quantitative estimate of drug-likeness (QED) is 0.619. The number of nitrogens with one attached hydrogen (secondary N) is 1. The summed E-state index contributed by atoms with van der Waals surface area (Å²) in [5.41, 5.74) is 0. The molecule has 1 amide bonds. The Hall–Kier alpha value is -0.580. The SMILES string of the molecule is CC(=O)NS(=O)(=O)C(C)C. The van der Waals surface area contributed by atoms with E-state index in [4.69, 9.17) is 0 Å². The second kappa shape index (κ2) is 3.01. The van der Waals surface area contributed by atoms with Gasteiger partial charge in [0.05, 0.1) is 5.25 Å². The zero-order valence-corrected chi connectivity index (χ0v) is 7.03. The van der Waals surface area contributed by atoms with Gasteiger partial charge >= 0.3 is 0 Å². The summed E-state index contributed by atoms with van der Waals surface area (Å²) in [5, 5.41) is -0.559. The molecule has 0 aliphatic rings. The van der Waals surface area contributed by atoms with Crippen molar-refractivity contribution in [3.8, 4) is 0 Å². The largest absolute Gasteiger partial charge is 0.274 e. The molecule has 1 N–H and O–H groups in total. The van der Waals surface area contributed by atoms with Gasteiger partial charge < -0.3 is 0 Å². The molecule has 0 saturated heterocycles. The summed E-state index contributed by atoms with van der Waals surface area (Å²) in [7, 11) is -3.40. The van der Waals surface area contributed by atoms with Crippen molar-refractivity contribution in [2.24, 2.45) is 0 Å². The highest BCUT2D eigenvalue weighted by molar-refractivity contribution is 7.90. The molecule has 0 saturated carbocycles. The summed E-state index contributed by atoms with van der Waals surface area (Å²) in [4.78, 5) is 10.3. The molecule has 0 aromatic rings. The van der Waals surface area contributed by atoms with Crippen molar-refractivity contribution in [1.29, 1.82) is 0 Å². The molecule has 60 valence electrons. The minimum Gasteiger partial charge on any atom is -0.274 e. The van der Waals surface area contributed by atoms with E-state index >= 15 is 0 Å². The van der Waals surface area contributed by atoms with Crippen molar-refractivity contribution in [3.63, 3.8) is 0 Å². The topological polar surface area (TPSA) is 63.2 Å². The molecule has 0 radical (unpaired) electrons. The van der Waals surface area contributed by atoms with Crippen LogP contribution in [0.3, 0.4) is 0 Å². The first kappa shape index (κ1) is 9.42. The summed E-state index contributed by atoms with van der Waals surface area (Å²) < 4.78 is 23.5. The highest BCUT2D eigenvalue weighted by Crippen LogP contribution is 1.94. The van der Waals surface area contributed by atoms with E-state index in [2.05, 4.69) is 0 Å². The van der Waals surface area contributed by atoms with E-state index in [1.807, 2.05) is 4.72 Å². The molecule has 0 aromatic heterocycles. The molecule has 10 heavy (non-hydrogen) atoms. The fourth-order valence-corrected chi connectivity index (χ4v) is 0.955. The first-order valence-electron chi connectivity index (χ1n) is 2.88. The first-order valence-corrected chi connectivity index (χ1v) is 4.43. The van der Waals surface area contributed by atoms with Gasteiger partial charge in [0.2, 0.25) is 15.9 Å². The van der Waals surface area contributed by atoms with E-state index in [1.54, 1.807) is 0 Å².